The number of aliphatic hydroxyl groups excluding tert-OH is 1. The minimum Gasteiger partial charge on any atom is -0.393 e. The Morgan fingerprint density at radius 3 is 1.78 bits per heavy atom. The van der Waals surface area contributed by atoms with Crippen LogP contribution in [-0.4, -0.2) is 11.2 Å². The zero-order valence-corrected chi connectivity index (χ0v) is 6.46. The molecule has 4 atom stereocenters. The molecule has 0 aromatic rings. The van der Waals surface area contributed by atoms with Crippen molar-refractivity contribution in [2.24, 2.45) is 17.8 Å². The minimum atomic E-state index is -0.0417. The lowest BCUT2D eigenvalue weighted by Crippen LogP contribution is -2.17. The van der Waals surface area contributed by atoms with Crippen molar-refractivity contribution >= 4 is 0 Å². The molecule has 0 heterocycles. The zero-order chi connectivity index (χ0) is 7.02. The van der Waals surface area contributed by atoms with Crippen molar-refractivity contribution < 1.29 is 5.11 Å². The van der Waals surface area contributed by atoms with Crippen LogP contribution in [0.15, 0.2) is 0 Å². The molecule has 0 saturated heterocycles. The van der Waals surface area contributed by atoms with Gasteiger partial charge in [0.1, 0.15) is 0 Å². The van der Waals surface area contributed by atoms with Gasteiger partial charge >= 0.3 is 0 Å². The Kier molecular flexibility index (Phi) is 1.80. The highest BCUT2D eigenvalue weighted by molar-refractivity contribution is 4.83. The van der Waals surface area contributed by atoms with E-state index in [9.17, 15) is 5.11 Å². The highest BCUT2D eigenvalue weighted by Gasteiger charge is 2.33. The molecule has 0 spiro atoms. The van der Waals surface area contributed by atoms with Crippen LogP contribution in [0.4, 0.5) is 0 Å². The van der Waals surface area contributed by atoms with Gasteiger partial charge in [-0.25, -0.2) is 0 Å². The highest BCUT2D eigenvalue weighted by Crippen LogP contribution is 2.35. The molecular weight excluding hydrogens is 112 g/mol. The van der Waals surface area contributed by atoms with E-state index in [4.69, 9.17) is 0 Å². The molecule has 54 valence electrons. The Morgan fingerprint density at radius 2 is 1.67 bits per heavy atom. The van der Waals surface area contributed by atoms with Gasteiger partial charge in [0.25, 0.3) is 0 Å². The minimum absolute atomic E-state index is 0.0417. The van der Waals surface area contributed by atoms with Crippen LogP contribution in [0, 0.1) is 17.8 Å². The van der Waals surface area contributed by atoms with E-state index >= 15 is 0 Å². The smallest absolute Gasteiger partial charge is 0.0593 e. The van der Waals surface area contributed by atoms with Crippen LogP contribution in [0.25, 0.3) is 0 Å². The summed E-state index contributed by atoms with van der Waals surface area (Å²) < 4.78 is 0. The van der Waals surface area contributed by atoms with Gasteiger partial charge < -0.3 is 5.11 Å². The van der Waals surface area contributed by atoms with E-state index in [2.05, 4.69) is 20.8 Å². The van der Waals surface area contributed by atoms with Crippen LogP contribution in [0.3, 0.4) is 0 Å². The maximum atomic E-state index is 9.44. The van der Waals surface area contributed by atoms with E-state index < -0.39 is 0 Å². The van der Waals surface area contributed by atoms with Crippen molar-refractivity contribution in [1.29, 1.82) is 0 Å². The van der Waals surface area contributed by atoms with Gasteiger partial charge in [0.05, 0.1) is 6.10 Å². The molecule has 1 saturated carbocycles. The quantitative estimate of drug-likeness (QED) is 0.526. The first kappa shape index (κ1) is 7.07. The molecule has 1 aliphatic carbocycles. The fourth-order valence-electron chi connectivity index (χ4n) is 1.80. The van der Waals surface area contributed by atoms with Crippen LogP contribution >= 0.6 is 0 Å². The van der Waals surface area contributed by atoms with Gasteiger partial charge in [-0.3, -0.25) is 0 Å². The number of rotatable bonds is 0. The van der Waals surface area contributed by atoms with E-state index in [1.807, 2.05) is 0 Å². The molecule has 1 heteroatoms. The summed E-state index contributed by atoms with van der Waals surface area (Å²) in [7, 11) is 0. The Labute approximate surface area is 57.1 Å². The molecule has 0 bridgehead atoms. The van der Waals surface area contributed by atoms with Crippen molar-refractivity contribution in [3.05, 3.63) is 0 Å². The van der Waals surface area contributed by atoms with E-state index in [1.165, 1.54) is 6.42 Å². The largest absolute Gasteiger partial charge is 0.393 e. The summed E-state index contributed by atoms with van der Waals surface area (Å²) in [6.07, 6.45) is 1.16. The lowest BCUT2D eigenvalue weighted by molar-refractivity contribution is 0.0988. The van der Waals surface area contributed by atoms with E-state index in [0.717, 1.165) is 5.92 Å². The first-order valence-corrected chi connectivity index (χ1v) is 3.81. The molecule has 1 N–H and O–H groups in total. The van der Waals surface area contributed by atoms with Crippen molar-refractivity contribution in [2.45, 2.75) is 33.3 Å². The lowest BCUT2D eigenvalue weighted by atomic mass is 9.99. The van der Waals surface area contributed by atoms with Crippen LogP contribution in [-0.2, 0) is 0 Å². The maximum absolute atomic E-state index is 9.44. The third kappa shape index (κ3) is 1.11. The van der Waals surface area contributed by atoms with Crippen molar-refractivity contribution in [3.8, 4) is 0 Å². The van der Waals surface area contributed by atoms with Gasteiger partial charge in [0.2, 0.25) is 0 Å². The fourth-order valence-corrected chi connectivity index (χ4v) is 1.80. The molecule has 0 radical (unpaired) electrons. The van der Waals surface area contributed by atoms with E-state index in [-0.39, 0.29) is 6.10 Å². The van der Waals surface area contributed by atoms with Gasteiger partial charge in [-0.1, -0.05) is 20.8 Å². The Hall–Kier alpha value is -0.0400. The summed E-state index contributed by atoms with van der Waals surface area (Å²) in [6, 6.07) is 0. The molecule has 2 unspecified atom stereocenters. The van der Waals surface area contributed by atoms with Gasteiger partial charge in [-0.15, -0.1) is 0 Å². The normalized spacial score (nSPS) is 52.0. The van der Waals surface area contributed by atoms with Crippen molar-refractivity contribution in [2.75, 3.05) is 0 Å². The molecule has 1 rings (SSSR count). The predicted octanol–water partition coefficient (Wildman–Crippen LogP) is 1.66. The van der Waals surface area contributed by atoms with Gasteiger partial charge in [-0.05, 0) is 24.2 Å². The summed E-state index contributed by atoms with van der Waals surface area (Å²) in [5.41, 5.74) is 0. The molecule has 0 aromatic heterocycles. The Bertz CT molecular complexity index is 88.7. The number of hydrogen-bond donors (Lipinski definition) is 1. The third-order valence-corrected chi connectivity index (χ3v) is 2.76. The van der Waals surface area contributed by atoms with Gasteiger partial charge in [-0.2, -0.15) is 0 Å². The summed E-state index contributed by atoms with van der Waals surface area (Å²) in [5, 5.41) is 9.44. The predicted molar refractivity (Wildman–Crippen MR) is 38.1 cm³/mol. The fraction of sp³-hybridized carbons (Fsp3) is 1.00. The van der Waals surface area contributed by atoms with Crippen molar-refractivity contribution in [3.63, 3.8) is 0 Å². The van der Waals surface area contributed by atoms with Gasteiger partial charge in [0, 0.05) is 0 Å². The van der Waals surface area contributed by atoms with Crippen molar-refractivity contribution in [1.82, 2.24) is 0 Å². The summed E-state index contributed by atoms with van der Waals surface area (Å²) >= 11 is 0. The molecule has 0 aromatic carbocycles. The van der Waals surface area contributed by atoms with Crippen LogP contribution in [0.5, 0.6) is 0 Å². The van der Waals surface area contributed by atoms with E-state index in [0.29, 0.717) is 11.8 Å². The maximum Gasteiger partial charge on any atom is 0.0593 e. The summed E-state index contributed by atoms with van der Waals surface area (Å²) in [6.45, 7) is 6.49. The second-order valence-electron chi connectivity index (χ2n) is 3.54. The lowest BCUT2D eigenvalue weighted by Gasteiger charge is -2.13. The molecule has 1 fully saturated rings. The number of aliphatic hydroxyl groups is 1. The van der Waals surface area contributed by atoms with Gasteiger partial charge in [0.15, 0.2) is 0 Å². The molecule has 0 amide bonds. The van der Waals surface area contributed by atoms with Crippen LogP contribution < -0.4 is 0 Å². The second kappa shape index (κ2) is 2.30. The molecule has 0 aliphatic heterocycles. The zero-order valence-electron chi connectivity index (χ0n) is 6.46. The second-order valence-corrected chi connectivity index (χ2v) is 3.54. The van der Waals surface area contributed by atoms with Crippen LogP contribution in [0.1, 0.15) is 27.2 Å². The third-order valence-electron chi connectivity index (χ3n) is 2.76. The standard InChI is InChI=1S/C8H16O/c1-5-4-6(2)8(9)7(5)3/h5-9H,4H2,1-3H3/t5?,6-,7?,8-/m0/s1. The SMILES string of the molecule is CC1C[C@H](C)[C@H](O)C1C. The average molecular weight is 128 g/mol. The molecule has 1 nitrogen and oxygen atoms in total. The Balaban J connectivity index is 2.54. The Morgan fingerprint density at radius 1 is 1.11 bits per heavy atom. The summed E-state index contributed by atoms with van der Waals surface area (Å²) in [5.74, 6) is 1.75. The average Bonchev–Trinajstić information content (AvgIpc) is 1.98. The first-order chi connectivity index (χ1) is 4.13. The molecular formula is C8H16O. The van der Waals surface area contributed by atoms with E-state index in [1.54, 1.807) is 0 Å². The molecule has 9 heavy (non-hydrogen) atoms. The number of hydrogen-bond acceptors (Lipinski definition) is 1. The monoisotopic (exact) mass is 128 g/mol. The van der Waals surface area contributed by atoms with Crippen LogP contribution in [0.2, 0.25) is 0 Å². The summed E-state index contributed by atoms with van der Waals surface area (Å²) in [4.78, 5) is 0. The highest BCUT2D eigenvalue weighted by atomic mass is 16.3. The first-order valence-electron chi connectivity index (χ1n) is 3.81. The molecule has 1 aliphatic rings. The topological polar surface area (TPSA) is 20.2 Å².